The molecule has 0 aliphatic heterocycles. The molecule has 0 aromatic carbocycles. The fourth-order valence-electron chi connectivity index (χ4n) is 2.04. The van der Waals surface area contributed by atoms with Crippen LogP contribution in [0.2, 0.25) is 19.6 Å². The standard InChI is InChI=1S/C14H12F20OSi/c1-36(2,3)35-5(16)7(19,20)9(23,24)11(27,28)13(31,32)14(33,34)12(29,30)10(25,26)8(21,22)6(17,18)4-15/h5H,4H2,1-3H3. The molecular formula is C14H12F20OSi. The van der Waals surface area contributed by atoms with Gasteiger partial charge >= 0.3 is 53.3 Å². The molecule has 0 fully saturated rings. The Balaban J connectivity index is 6.95. The number of hydrogen-bond donors (Lipinski definition) is 0. The van der Waals surface area contributed by atoms with Crippen LogP contribution in [0.5, 0.6) is 0 Å². The Bertz CT molecular complexity index is 784. The van der Waals surface area contributed by atoms with Crippen molar-refractivity contribution in [3.05, 3.63) is 0 Å². The van der Waals surface area contributed by atoms with E-state index in [-0.39, 0.29) is 0 Å². The molecule has 0 saturated heterocycles. The molecule has 0 amide bonds. The van der Waals surface area contributed by atoms with Gasteiger partial charge in [-0.25, -0.2) is 8.78 Å². The molecule has 0 saturated carbocycles. The van der Waals surface area contributed by atoms with Crippen molar-refractivity contribution < 1.29 is 92.2 Å². The summed E-state index contributed by atoms with van der Waals surface area (Å²) >= 11 is 0. The lowest BCUT2D eigenvalue weighted by atomic mass is 9.86. The average Bonchev–Trinajstić information content (AvgIpc) is 2.65. The van der Waals surface area contributed by atoms with Gasteiger partial charge in [0.15, 0.2) is 15.0 Å². The Morgan fingerprint density at radius 2 is 0.750 bits per heavy atom. The fourth-order valence-corrected chi connectivity index (χ4v) is 2.80. The number of alkyl halides is 20. The highest BCUT2D eigenvalue weighted by Gasteiger charge is 2.96. The highest BCUT2D eigenvalue weighted by atomic mass is 28.4. The number of hydrogen-bond acceptors (Lipinski definition) is 1. The van der Waals surface area contributed by atoms with Crippen molar-refractivity contribution >= 4 is 8.32 Å². The van der Waals surface area contributed by atoms with Gasteiger partial charge in [0.05, 0.1) is 0 Å². The van der Waals surface area contributed by atoms with Crippen LogP contribution in [0.1, 0.15) is 0 Å². The molecule has 0 aromatic rings. The fraction of sp³-hybridized carbons (Fsp3) is 1.00. The van der Waals surface area contributed by atoms with Crippen LogP contribution in [0.3, 0.4) is 0 Å². The lowest BCUT2D eigenvalue weighted by Gasteiger charge is -2.44. The van der Waals surface area contributed by atoms with E-state index in [1.807, 2.05) is 0 Å². The summed E-state index contributed by atoms with van der Waals surface area (Å²) in [7, 11) is -3.82. The minimum Gasteiger partial charge on any atom is -0.385 e. The van der Waals surface area contributed by atoms with Gasteiger partial charge in [-0.1, -0.05) is 0 Å². The van der Waals surface area contributed by atoms with Gasteiger partial charge in [0.1, 0.15) is 0 Å². The first kappa shape index (κ1) is 34.8. The monoisotopic (exact) mass is 604 g/mol. The highest BCUT2D eigenvalue weighted by molar-refractivity contribution is 6.69. The summed E-state index contributed by atoms with van der Waals surface area (Å²) in [4.78, 5) is 0. The summed E-state index contributed by atoms with van der Waals surface area (Å²) in [6, 6.07) is 0. The molecule has 0 aliphatic rings. The maximum Gasteiger partial charge on any atom is 0.385 e. The van der Waals surface area contributed by atoms with Gasteiger partial charge in [-0.05, 0) is 19.6 Å². The number of halogens is 20. The molecule has 0 rings (SSSR count). The molecular weight excluding hydrogens is 592 g/mol. The maximum atomic E-state index is 13.6. The van der Waals surface area contributed by atoms with Crippen molar-refractivity contribution in [2.45, 2.75) is 79.3 Å². The first-order valence-corrected chi connectivity index (χ1v) is 11.9. The van der Waals surface area contributed by atoms with Crippen molar-refractivity contribution in [3.8, 4) is 0 Å². The van der Waals surface area contributed by atoms with Gasteiger partial charge < -0.3 is 4.43 Å². The first-order chi connectivity index (χ1) is 15.2. The Kier molecular flexibility index (Phi) is 8.62. The van der Waals surface area contributed by atoms with Crippen molar-refractivity contribution in [2.24, 2.45) is 0 Å². The molecule has 1 atom stereocenters. The van der Waals surface area contributed by atoms with Crippen LogP contribution in [0.4, 0.5) is 87.8 Å². The summed E-state index contributed by atoms with van der Waals surface area (Å²) in [5.41, 5.74) is 0. The third-order valence-electron chi connectivity index (χ3n) is 4.15. The highest BCUT2D eigenvalue weighted by Crippen LogP contribution is 2.65. The Labute approximate surface area is 187 Å². The molecule has 0 aliphatic carbocycles. The van der Waals surface area contributed by atoms with Crippen LogP contribution in [-0.2, 0) is 4.43 Å². The quantitative estimate of drug-likeness (QED) is 0.163. The van der Waals surface area contributed by atoms with E-state index in [2.05, 4.69) is 4.43 Å². The first-order valence-electron chi connectivity index (χ1n) is 8.47. The Morgan fingerprint density at radius 3 is 1.00 bits per heavy atom. The summed E-state index contributed by atoms with van der Waals surface area (Å²) in [6.07, 6.45) is -5.04. The van der Waals surface area contributed by atoms with Crippen molar-refractivity contribution in [2.75, 3.05) is 6.67 Å². The summed E-state index contributed by atoms with van der Waals surface area (Å²) < 4.78 is 270. The van der Waals surface area contributed by atoms with E-state index in [0.29, 0.717) is 19.6 Å². The molecule has 1 unspecified atom stereocenters. The molecule has 0 aromatic heterocycles. The second kappa shape index (κ2) is 8.92. The lowest BCUT2D eigenvalue weighted by Crippen LogP contribution is -2.76. The Morgan fingerprint density at radius 1 is 0.500 bits per heavy atom. The lowest BCUT2D eigenvalue weighted by molar-refractivity contribution is -0.466. The number of rotatable bonds is 12. The molecule has 0 N–H and O–H groups in total. The average molecular weight is 604 g/mol. The second-order valence-electron chi connectivity index (χ2n) is 8.03. The summed E-state index contributed by atoms with van der Waals surface area (Å²) in [6.45, 7) is -1.96. The molecule has 0 bridgehead atoms. The van der Waals surface area contributed by atoms with Crippen LogP contribution in [0.15, 0.2) is 0 Å². The SMILES string of the molecule is C[Si](C)(C)OC(F)C(F)(F)C(F)(F)C(F)(F)C(F)(F)C(F)(F)C(F)(F)C(F)(F)C(F)(F)C(F)(F)CF. The van der Waals surface area contributed by atoms with Crippen molar-refractivity contribution in [3.63, 3.8) is 0 Å². The van der Waals surface area contributed by atoms with Crippen molar-refractivity contribution in [1.29, 1.82) is 0 Å². The molecule has 218 valence electrons. The third kappa shape index (κ3) is 4.61. The van der Waals surface area contributed by atoms with E-state index in [0.717, 1.165) is 0 Å². The predicted octanol–water partition coefficient (Wildman–Crippen LogP) is 7.82. The normalized spacial score (nSPS) is 17.4. The summed E-state index contributed by atoms with van der Waals surface area (Å²) in [5.74, 6) is -74.8. The van der Waals surface area contributed by atoms with Crippen molar-refractivity contribution in [1.82, 2.24) is 0 Å². The molecule has 0 radical (unpaired) electrons. The zero-order chi connectivity index (χ0) is 30.0. The smallest absolute Gasteiger partial charge is 0.385 e. The summed E-state index contributed by atoms with van der Waals surface area (Å²) in [5, 5.41) is 0. The van der Waals surface area contributed by atoms with E-state index in [9.17, 15) is 87.8 Å². The van der Waals surface area contributed by atoms with E-state index >= 15 is 0 Å². The van der Waals surface area contributed by atoms with Gasteiger partial charge in [0.2, 0.25) is 0 Å². The minimum absolute atomic E-state index is 0.699. The van der Waals surface area contributed by atoms with Gasteiger partial charge in [-0.3, -0.25) is 0 Å². The van der Waals surface area contributed by atoms with Gasteiger partial charge in [0, 0.05) is 0 Å². The van der Waals surface area contributed by atoms with E-state index in [1.165, 1.54) is 0 Å². The molecule has 1 nitrogen and oxygen atoms in total. The molecule has 36 heavy (non-hydrogen) atoms. The van der Waals surface area contributed by atoms with Gasteiger partial charge in [-0.15, -0.1) is 0 Å². The Hall–Kier alpha value is -1.22. The maximum absolute atomic E-state index is 13.6. The van der Waals surface area contributed by atoms with Crippen LogP contribution in [0, 0.1) is 0 Å². The van der Waals surface area contributed by atoms with Crippen LogP contribution < -0.4 is 0 Å². The minimum atomic E-state index is -8.99. The molecule has 0 heterocycles. The van der Waals surface area contributed by atoms with Gasteiger partial charge in [-0.2, -0.15) is 79.0 Å². The van der Waals surface area contributed by atoms with E-state index in [1.54, 1.807) is 0 Å². The zero-order valence-electron chi connectivity index (χ0n) is 17.3. The predicted molar refractivity (Wildman–Crippen MR) is 79.8 cm³/mol. The largest absolute Gasteiger partial charge is 0.385 e. The molecule has 0 spiro atoms. The van der Waals surface area contributed by atoms with Crippen LogP contribution >= 0.6 is 0 Å². The van der Waals surface area contributed by atoms with Crippen LogP contribution in [-0.4, -0.2) is 74.7 Å². The molecule has 22 heteroatoms. The van der Waals surface area contributed by atoms with Gasteiger partial charge in [0.25, 0.3) is 6.36 Å². The van der Waals surface area contributed by atoms with E-state index < -0.39 is 74.7 Å². The second-order valence-corrected chi connectivity index (χ2v) is 12.5. The zero-order valence-corrected chi connectivity index (χ0v) is 18.3. The van der Waals surface area contributed by atoms with E-state index in [4.69, 9.17) is 0 Å². The van der Waals surface area contributed by atoms with Crippen LogP contribution in [0.25, 0.3) is 0 Å². The third-order valence-corrected chi connectivity index (χ3v) is 5.07. The topological polar surface area (TPSA) is 9.23 Å².